The largest absolute Gasteiger partial charge is 0.388 e. The molecule has 0 fully saturated rings. The number of aliphatic hydroxyl groups is 1. The molecule has 0 bridgehead atoms. The molecule has 1 nitrogen and oxygen atoms in total. The third-order valence-electron chi connectivity index (χ3n) is 2.29. The lowest BCUT2D eigenvalue weighted by atomic mass is 10.0. The Morgan fingerprint density at radius 2 is 2.20 bits per heavy atom. The zero-order valence-corrected chi connectivity index (χ0v) is 9.05. The van der Waals surface area contributed by atoms with E-state index in [1.54, 1.807) is 26.0 Å². The van der Waals surface area contributed by atoms with Gasteiger partial charge < -0.3 is 5.11 Å². The molecular weight excluding hydrogens is 191 g/mol. The van der Waals surface area contributed by atoms with Crippen molar-refractivity contribution in [1.29, 1.82) is 0 Å². The lowest BCUT2D eigenvalue weighted by Crippen LogP contribution is -1.98. The molecule has 15 heavy (non-hydrogen) atoms. The molecule has 1 aromatic rings. The van der Waals surface area contributed by atoms with E-state index in [4.69, 9.17) is 0 Å². The molecule has 0 spiro atoms. The minimum atomic E-state index is -0.551. The Bertz CT molecular complexity index is 387. The van der Waals surface area contributed by atoms with Crippen molar-refractivity contribution in [2.45, 2.75) is 32.8 Å². The van der Waals surface area contributed by atoms with Crippen molar-refractivity contribution in [2.75, 3.05) is 0 Å². The van der Waals surface area contributed by atoms with Crippen LogP contribution in [-0.2, 0) is 0 Å². The summed E-state index contributed by atoms with van der Waals surface area (Å²) in [6.07, 6.45) is 0.699. The van der Waals surface area contributed by atoms with Crippen LogP contribution in [0.25, 0.3) is 0 Å². The fourth-order valence-electron chi connectivity index (χ4n) is 1.38. The van der Waals surface area contributed by atoms with Crippen LogP contribution in [0.3, 0.4) is 0 Å². The van der Waals surface area contributed by atoms with E-state index in [2.05, 4.69) is 11.8 Å². The van der Waals surface area contributed by atoms with Gasteiger partial charge in [0.1, 0.15) is 5.82 Å². The van der Waals surface area contributed by atoms with Crippen LogP contribution in [0.2, 0.25) is 0 Å². The maximum Gasteiger partial charge on any atom is 0.126 e. The van der Waals surface area contributed by atoms with Crippen LogP contribution < -0.4 is 0 Å². The zero-order valence-electron chi connectivity index (χ0n) is 9.05. The summed E-state index contributed by atoms with van der Waals surface area (Å²) in [7, 11) is 0. The van der Waals surface area contributed by atoms with Crippen LogP contribution in [0.1, 0.15) is 37.0 Å². The van der Waals surface area contributed by atoms with E-state index in [0.717, 1.165) is 5.56 Å². The monoisotopic (exact) mass is 206 g/mol. The van der Waals surface area contributed by atoms with E-state index >= 15 is 0 Å². The number of halogens is 1. The second kappa shape index (κ2) is 5.53. The topological polar surface area (TPSA) is 20.2 Å². The van der Waals surface area contributed by atoms with E-state index < -0.39 is 6.10 Å². The summed E-state index contributed by atoms with van der Waals surface area (Å²) in [5.41, 5.74) is 1.32. The van der Waals surface area contributed by atoms with Gasteiger partial charge in [0.05, 0.1) is 6.10 Å². The van der Waals surface area contributed by atoms with Crippen LogP contribution in [0, 0.1) is 24.6 Å². The molecule has 1 rings (SSSR count). The first-order chi connectivity index (χ1) is 7.15. The molecule has 1 atom stereocenters. The molecule has 0 radical (unpaired) electrons. The highest BCUT2D eigenvalue weighted by molar-refractivity contribution is 5.25. The van der Waals surface area contributed by atoms with Crippen molar-refractivity contribution in [3.63, 3.8) is 0 Å². The lowest BCUT2D eigenvalue weighted by molar-refractivity contribution is 0.169. The average molecular weight is 206 g/mol. The summed E-state index contributed by atoms with van der Waals surface area (Å²) in [5, 5.41) is 9.77. The van der Waals surface area contributed by atoms with Crippen LogP contribution in [0.4, 0.5) is 4.39 Å². The maximum atomic E-state index is 13.0. The van der Waals surface area contributed by atoms with Gasteiger partial charge in [-0.25, -0.2) is 4.39 Å². The van der Waals surface area contributed by atoms with E-state index in [9.17, 15) is 9.50 Å². The van der Waals surface area contributed by atoms with Gasteiger partial charge in [0, 0.05) is 6.42 Å². The second-order valence-corrected chi connectivity index (χ2v) is 3.49. The van der Waals surface area contributed by atoms with Crippen molar-refractivity contribution in [3.05, 3.63) is 35.1 Å². The predicted octanol–water partition coefficient (Wildman–Crippen LogP) is 2.97. The molecule has 80 valence electrons. The fourth-order valence-corrected chi connectivity index (χ4v) is 1.38. The molecule has 1 N–H and O–H groups in total. The maximum absolute atomic E-state index is 13.0. The van der Waals surface area contributed by atoms with Gasteiger partial charge in [-0.2, -0.15) is 0 Å². The van der Waals surface area contributed by atoms with Crippen molar-refractivity contribution in [3.8, 4) is 11.8 Å². The van der Waals surface area contributed by atoms with Gasteiger partial charge in [-0.3, -0.25) is 0 Å². The van der Waals surface area contributed by atoms with Crippen molar-refractivity contribution in [1.82, 2.24) is 0 Å². The molecule has 0 amide bonds. The second-order valence-electron chi connectivity index (χ2n) is 3.49. The highest BCUT2D eigenvalue weighted by Crippen LogP contribution is 2.20. The molecule has 0 aromatic heterocycles. The summed E-state index contributed by atoms with van der Waals surface area (Å²) < 4.78 is 13.0. The number of benzene rings is 1. The number of aliphatic hydroxyl groups excluding tert-OH is 1. The fraction of sp³-hybridized carbons (Fsp3) is 0.385. The minimum Gasteiger partial charge on any atom is -0.388 e. The van der Waals surface area contributed by atoms with Gasteiger partial charge in [0.25, 0.3) is 0 Å². The quantitative estimate of drug-likeness (QED) is 0.754. The smallest absolute Gasteiger partial charge is 0.126 e. The summed E-state index contributed by atoms with van der Waals surface area (Å²) in [6.45, 7) is 3.46. The van der Waals surface area contributed by atoms with Gasteiger partial charge in [-0.1, -0.05) is 12.1 Å². The number of hydrogen-bond acceptors (Lipinski definition) is 1. The highest BCUT2D eigenvalue weighted by Gasteiger charge is 2.08. The number of aryl methyl sites for hydroxylation is 1. The first-order valence-corrected chi connectivity index (χ1v) is 4.99. The Hall–Kier alpha value is -1.33. The Balaban J connectivity index is 2.68. The number of hydrogen-bond donors (Lipinski definition) is 1. The van der Waals surface area contributed by atoms with Crippen molar-refractivity contribution < 1.29 is 9.50 Å². The molecule has 0 saturated carbocycles. The standard InChI is InChI=1S/C13H15FO/c1-3-4-5-6-13(15)11-7-8-12(14)10(2)9-11/h7-9,13,15H,5-6H2,1-2H3. The predicted molar refractivity (Wildman–Crippen MR) is 58.8 cm³/mol. The van der Waals surface area contributed by atoms with Crippen LogP contribution in [-0.4, -0.2) is 5.11 Å². The van der Waals surface area contributed by atoms with Gasteiger partial charge in [-0.05, 0) is 37.5 Å². The Labute approximate surface area is 89.9 Å². The lowest BCUT2D eigenvalue weighted by Gasteiger charge is -2.10. The van der Waals surface area contributed by atoms with Gasteiger partial charge in [0.2, 0.25) is 0 Å². The SMILES string of the molecule is CC#CCCC(O)c1ccc(F)c(C)c1. The van der Waals surface area contributed by atoms with Crippen molar-refractivity contribution >= 4 is 0 Å². The molecule has 2 heteroatoms. The van der Waals surface area contributed by atoms with Crippen molar-refractivity contribution in [2.24, 2.45) is 0 Å². The molecule has 0 saturated heterocycles. The molecule has 0 aliphatic heterocycles. The zero-order chi connectivity index (χ0) is 11.3. The van der Waals surface area contributed by atoms with Gasteiger partial charge in [-0.15, -0.1) is 11.8 Å². The first-order valence-electron chi connectivity index (χ1n) is 4.99. The molecule has 0 aliphatic carbocycles. The molecular formula is C13H15FO. The Morgan fingerprint density at radius 3 is 2.80 bits per heavy atom. The van der Waals surface area contributed by atoms with E-state index in [0.29, 0.717) is 18.4 Å². The van der Waals surface area contributed by atoms with E-state index in [-0.39, 0.29) is 5.82 Å². The summed E-state index contributed by atoms with van der Waals surface area (Å²) >= 11 is 0. The summed E-state index contributed by atoms with van der Waals surface area (Å²) in [5.74, 6) is 5.43. The first kappa shape index (κ1) is 11.7. The highest BCUT2D eigenvalue weighted by atomic mass is 19.1. The van der Waals surface area contributed by atoms with Crippen LogP contribution >= 0.6 is 0 Å². The van der Waals surface area contributed by atoms with Gasteiger partial charge >= 0.3 is 0 Å². The summed E-state index contributed by atoms with van der Waals surface area (Å²) in [4.78, 5) is 0. The van der Waals surface area contributed by atoms with Gasteiger partial charge in [0.15, 0.2) is 0 Å². The minimum absolute atomic E-state index is 0.237. The van der Waals surface area contributed by atoms with Crippen LogP contribution in [0.5, 0.6) is 0 Å². The normalized spacial score (nSPS) is 11.7. The summed E-state index contributed by atoms with van der Waals surface area (Å²) in [6, 6.07) is 4.69. The number of rotatable bonds is 3. The molecule has 0 aliphatic rings. The Kier molecular flexibility index (Phi) is 4.33. The Morgan fingerprint density at radius 1 is 1.47 bits per heavy atom. The average Bonchev–Trinajstić information content (AvgIpc) is 2.22. The third-order valence-corrected chi connectivity index (χ3v) is 2.29. The van der Waals surface area contributed by atoms with Crippen LogP contribution in [0.15, 0.2) is 18.2 Å². The third kappa shape index (κ3) is 3.38. The molecule has 1 aromatic carbocycles. The molecule has 1 unspecified atom stereocenters. The molecule has 0 heterocycles. The van der Waals surface area contributed by atoms with E-state index in [1.165, 1.54) is 6.07 Å². The van der Waals surface area contributed by atoms with E-state index in [1.807, 2.05) is 0 Å².